The van der Waals surface area contributed by atoms with Gasteiger partial charge >= 0.3 is 6.03 Å². The van der Waals surface area contributed by atoms with Gasteiger partial charge in [0.15, 0.2) is 0 Å². The molecule has 4 rings (SSSR count). The molecule has 1 atom stereocenters. The van der Waals surface area contributed by atoms with Crippen LogP contribution in [0.3, 0.4) is 0 Å². The minimum Gasteiger partial charge on any atom is -0.378 e. The van der Waals surface area contributed by atoms with Gasteiger partial charge in [0, 0.05) is 56.9 Å². The zero-order chi connectivity index (χ0) is 17.8. The predicted molar refractivity (Wildman–Crippen MR) is 96.9 cm³/mol. The fourth-order valence-corrected chi connectivity index (χ4v) is 3.82. The van der Waals surface area contributed by atoms with E-state index in [4.69, 9.17) is 4.74 Å². The summed E-state index contributed by atoms with van der Waals surface area (Å²) < 4.78 is 7.54. The van der Waals surface area contributed by atoms with Crippen molar-refractivity contribution in [2.24, 2.45) is 0 Å². The van der Waals surface area contributed by atoms with Gasteiger partial charge in [-0.25, -0.2) is 9.78 Å². The molecule has 7 nitrogen and oxygen atoms in total. The van der Waals surface area contributed by atoms with Gasteiger partial charge in [-0.15, -0.1) is 0 Å². The number of imidazole rings is 1. The van der Waals surface area contributed by atoms with Crippen LogP contribution in [-0.4, -0.2) is 69.8 Å². The maximum atomic E-state index is 12.8. The molecule has 0 radical (unpaired) electrons. The van der Waals surface area contributed by atoms with Crippen LogP contribution in [0.1, 0.15) is 30.1 Å². The lowest BCUT2D eigenvalue weighted by Gasteiger charge is -2.37. The molecule has 2 aromatic rings. The smallest absolute Gasteiger partial charge is 0.320 e. The molecular formula is C19H25N5O2. The van der Waals surface area contributed by atoms with Crippen molar-refractivity contribution < 1.29 is 9.53 Å². The van der Waals surface area contributed by atoms with Gasteiger partial charge in [0.1, 0.15) is 5.82 Å². The molecule has 0 N–H and O–H groups in total. The summed E-state index contributed by atoms with van der Waals surface area (Å²) in [5.41, 5.74) is 1.16. The number of carbonyl (C=O) groups is 1. The average molecular weight is 355 g/mol. The van der Waals surface area contributed by atoms with Crippen LogP contribution >= 0.6 is 0 Å². The topological polar surface area (TPSA) is 63.5 Å². The van der Waals surface area contributed by atoms with Crippen LogP contribution in [0.4, 0.5) is 4.79 Å². The van der Waals surface area contributed by atoms with Crippen LogP contribution in [-0.2, 0) is 11.3 Å². The molecule has 0 aromatic carbocycles. The molecule has 2 aromatic heterocycles. The van der Waals surface area contributed by atoms with Crippen molar-refractivity contribution >= 4 is 6.03 Å². The Balaban J connectivity index is 1.45. The van der Waals surface area contributed by atoms with Crippen molar-refractivity contribution in [1.29, 1.82) is 0 Å². The van der Waals surface area contributed by atoms with Crippen LogP contribution in [0.2, 0.25) is 0 Å². The number of ether oxygens (including phenoxy) is 1. The second-order valence-corrected chi connectivity index (χ2v) is 6.94. The molecule has 2 aliphatic rings. The van der Waals surface area contributed by atoms with Crippen LogP contribution < -0.4 is 0 Å². The first kappa shape index (κ1) is 17.0. The second-order valence-electron chi connectivity index (χ2n) is 6.94. The van der Waals surface area contributed by atoms with Gasteiger partial charge in [0.25, 0.3) is 0 Å². The molecule has 0 saturated carbocycles. The highest BCUT2D eigenvalue weighted by molar-refractivity contribution is 5.74. The van der Waals surface area contributed by atoms with Crippen molar-refractivity contribution in [2.45, 2.75) is 25.3 Å². The summed E-state index contributed by atoms with van der Waals surface area (Å²) in [4.78, 5) is 25.5. The molecule has 2 saturated heterocycles. The Morgan fingerprint density at radius 1 is 1.19 bits per heavy atom. The van der Waals surface area contributed by atoms with Crippen molar-refractivity contribution in [1.82, 2.24) is 24.3 Å². The third kappa shape index (κ3) is 3.72. The fraction of sp³-hybridized carbons (Fsp3) is 0.526. The summed E-state index contributed by atoms with van der Waals surface area (Å²) in [6, 6.07) is 4.17. The van der Waals surface area contributed by atoms with Crippen molar-refractivity contribution in [3.63, 3.8) is 0 Å². The van der Waals surface area contributed by atoms with Gasteiger partial charge in [-0.2, -0.15) is 0 Å². The quantitative estimate of drug-likeness (QED) is 0.844. The Bertz CT molecular complexity index is 727. The summed E-state index contributed by atoms with van der Waals surface area (Å²) >= 11 is 0. The molecular weight excluding hydrogens is 330 g/mol. The summed E-state index contributed by atoms with van der Waals surface area (Å²) in [5, 5.41) is 0. The Labute approximate surface area is 153 Å². The number of piperidine rings is 1. The van der Waals surface area contributed by atoms with E-state index in [-0.39, 0.29) is 11.9 Å². The molecule has 2 aliphatic heterocycles. The highest BCUT2D eigenvalue weighted by Crippen LogP contribution is 2.27. The van der Waals surface area contributed by atoms with Crippen molar-refractivity contribution in [2.75, 3.05) is 39.4 Å². The van der Waals surface area contributed by atoms with E-state index in [1.165, 1.54) is 0 Å². The SMILES string of the molecule is O=C(N1CCOCC1)N1CCC[C@H](c2nccn2Cc2cccnc2)C1. The average Bonchev–Trinajstić information content (AvgIpc) is 3.17. The van der Waals surface area contributed by atoms with Crippen LogP contribution in [0.25, 0.3) is 0 Å². The largest absolute Gasteiger partial charge is 0.378 e. The number of hydrogen-bond acceptors (Lipinski definition) is 4. The molecule has 26 heavy (non-hydrogen) atoms. The molecule has 2 amide bonds. The third-order valence-electron chi connectivity index (χ3n) is 5.16. The standard InChI is InChI=1S/C19H25N5O2/c25-19(22-9-11-26-12-10-22)24-7-2-4-17(15-24)18-21-6-8-23(18)14-16-3-1-5-20-13-16/h1,3,5-6,8,13,17H,2,4,7,9-12,14-15H2/t17-/m0/s1. The van der Waals surface area contributed by atoms with Gasteiger partial charge in [0.05, 0.1) is 19.8 Å². The van der Waals surface area contributed by atoms with Crippen LogP contribution in [0.5, 0.6) is 0 Å². The molecule has 0 aliphatic carbocycles. The summed E-state index contributed by atoms with van der Waals surface area (Å²) in [7, 11) is 0. The maximum absolute atomic E-state index is 12.8. The number of urea groups is 1. The van der Waals surface area contributed by atoms with Crippen molar-refractivity contribution in [3.8, 4) is 0 Å². The van der Waals surface area contributed by atoms with Crippen LogP contribution in [0, 0.1) is 0 Å². The predicted octanol–water partition coefficient (Wildman–Crippen LogP) is 1.96. The number of nitrogens with zero attached hydrogens (tertiary/aromatic N) is 5. The minimum atomic E-state index is 0.142. The van der Waals surface area contributed by atoms with Crippen molar-refractivity contribution in [3.05, 3.63) is 48.3 Å². The first-order chi connectivity index (χ1) is 12.8. The highest BCUT2D eigenvalue weighted by atomic mass is 16.5. The van der Waals surface area contributed by atoms with E-state index >= 15 is 0 Å². The number of rotatable bonds is 3. The number of likely N-dealkylation sites (tertiary alicyclic amines) is 1. The van der Waals surface area contributed by atoms with Crippen LogP contribution in [0.15, 0.2) is 36.9 Å². The maximum Gasteiger partial charge on any atom is 0.320 e. The third-order valence-corrected chi connectivity index (χ3v) is 5.16. The lowest BCUT2D eigenvalue weighted by atomic mass is 9.97. The normalized spacial score (nSPS) is 21.0. The number of carbonyl (C=O) groups excluding carboxylic acids is 1. The van der Waals surface area contributed by atoms with E-state index in [0.717, 1.165) is 43.9 Å². The van der Waals surface area contributed by atoms with Gasteiger partial charge in [-0.3, -0.25) is 4.98 Å². The van der Waals surface area contributed by atoms with E-state index in [2.05, 4.69) is 20.6 Å². The van der Waals surface area contributed by atoms with Gasteiger partial charge < -0.3 is 19.1 Å². The molecule has 0 spiro atoms. The van der Waals surface area contributed by atoms with Gasteiger partial charge in [-0.05, 0) is 24.5 Å². The molecule has 0 unspecified atom stereocenters. The van der Waals surface area contributed by atoms with E-state index in [1.54, 1.807) is 6.20 Å². The Morgan fingerprint density at radius 2 is 2.08 bits per heavy atom. The molecule has 0 bridgehead atoms. The van der Waals surface area contributed by atoms with Gasteiger partial charge in [-0.1, -0.05) is 6.07 Å². The fourth-order valence-electron chi connectivity index (χ4n) is 3.82. The number of amides is 2. The molecule has 4 heterocycles. The zero-order valence-corrected chi connectivity index (χ0v) is 15.0. The molecule has 138 valence electrons. The molecule has 2 fully saturated rings. The number of pyridine rings is 1. The number of aromatic nitrogens is 3. The summed E-state index contributed by atoms with van der Waals surface area (Å²) in [6.45, 7) is 4.98. The van der Waals surface area contributed by atoms with E-state index < -0.39 is 0 Å². The zero-order valence-electron chi connectivity index (χ0n) is 15.0. The van der Waals surface area contributed by atoms with E-state index in [9.17, 15) is 4.79 Å². The lowest BCUT2D eigenvalue weighted by molar-refractivity contribution is 0.0407. The Kier molecular flexibility index (Phi) is 5.15. The Hall–Kier alpha value is -2.41. The van der Waals surface area contributed by atoms with E-state index in [1.807, 2.05) is 34.5 Å². The second kappa shape index (κ2) is 7.86. The lowest BCUT2D eigenvalue weighted by Crippen LogP contribution is -2.50. The number of hydrogen-bond donors (Lipinski definition) is 0. The minimum absolute atomic E-state index is 0.142. The highest BCUT2D eigenvalue weighted by Gasteiger charge is 2.30. The first-order valence-electron chi connectivity index (χ1n) is 9.33. The monoisotopic (exact) mass is 355 g/mol. The first-order valence-corrected chi connectivity index (χ1v) is 9.33. The van der Waals surface area contributed by atoms with E-state index in [0.29, 0.717) is 26.3 Å². The van der Waals surface area contributed by atoms with Gasteiger partial charge in [0.2, 0.25) is 0 Å². The summed E-state index contributed by atoms with van der Waals surface area (Å²) in [5.74, 6) is 1.34. The number of morpholine rings is 1. The summed E-state index contributed by atoms with van der Waals surface area (Å²) in [6.07, 6.45) is 9.63. The Morgan fingerprint density at radius 3 is 2.88 bits per heavy atom. The molecule has 7 heteroatoms.